The Morgan fingerprint density at radius 3 is 2.77 bits per heavy atom. The van der Waals surface area contributed by atoms with Crippen LogP contribution in [0.15, 0.2) is 24.3 Å². The van der Waals surface area contributed by atoms with Crippen LogP contribution in [0.5, 0.6) is 5.75 Å². The number of hydrogen-bond acceptors (Lipinski definition) is 3. The second-order valence-corrected chi connectivity index (χ2v) is 5.88. The van der Waals surface area contributed by atoms with E-state index < -0.39 is 12.1 Å². The van der Waals surface area contributed by atoms with Crippen LogP contribution in [-0.2, 0) is 9.59 Å². The van der Waals surface area contributed by atoms with Crippen LogP contribution >= 0.6 is 0 Å². The number of carbonyl (C=O) groups is 2. The number of benzene rings is 1. The molecule has 5 heteroatoms. The van der Waals surface area contributed by atoms with Gasteiger partial charge in [0.25, 0.3) is 5.91 Å². The third-order valence-corrected chi connectivity index (χ3v) is 4.06. The van der Waals surface area contributed by atoms with Crippen LogP contribution in [-0.4, -0.2) is 29.1 Å². The summed E-state index contributed by atoms with van der Waals surface area (Å²) < 4.78 is 5.76. The highest BCUT2D eigenvalue weighted by Gasteiger charge is 2.32. The van der Waals surface area contributed by atoms with Gasteiger partial charge in [-0.05, 0) is 50.3 Å². The van der Waals surface area contributed by atoms with Gasteiger partial charge in [-0.15, -0.1) is 0 Å². The van der Waals surface area contributed by atoms with E-state index in [-0.39, 0.29) is 17.9 Å². The molecule has 0 saturated heterocycles. The molecule has 1 aromatic rings. The third-order valence-electron chi connectivity index (χ3n) is 4.06. The number of carboxylic acid groups (broad SMARTS) is 1. The molecule has 1 unspecified atom stereocenters. The molecule has 2 N–H and O–H groups in total. The smallest absolute Gasteiger partial charge is 0.306 e. The summed E-state index contributed by atoms with van der Waals surface area (Å²) in [5.74, 6) is -0.611. The van der Waals surface area contributed by atoms with Crippen LogP contribution < -0.4 is 10.1 Å². The average molecular weight is 305 g/mol. The molecular weight excluding hydrogens is 282 g/mol. The Balaban J connectivity index is 1.91. The normalized spacial score (nSPS) is 22.1. The quantitative estimate of drug-likeness (QED) is 0.847. The van der Waals surface area contributed by atoms with Crippen LogP contribution in [0.25, 0.3) is 0 Å². The van der Waals surface area contributed by atoms with Gasteiger partial charge >= 0.3 is 5.97 Å². The van der Waals surface area contributed by atoms with Crippen LogP contribution in [0.3, 0.4) is 0 Å². The Hall–Kier alpha value is -2.04. The van der Waals surface area contributed by atoms with Crippen molar-refractivity contribution >= 4 is 11.9 Å². The minimum Gasteiger partial charge on any atom is -0.481 e. The van der Waals surface area contributed by atoms with Gasteiger partial charge < -0.3 is 15.2 Å². The standard InChI is InChI=1S/C17H23NO4/c1-3-15(22-14-6-4-5-11(2)9-14)16(19)18-13-8-7-12(10-13)17(20)21/h4-6,9,12-13,15H,3,7-8,10H2,1-2H3,(H,18,19)(H,20,21)/t12-,13+,15?/m1/s1. The van der Waals surface area contributed by atoms with Crippen molar-refractivity contribution < 1.29 is 19.4 Å². The maximum atomic E-state index is 12.3. The van der Waals surface area contributed by atoms with Gasteiger partial charge in [0.15, 0.2) is 6.10 Å². The molecule has 1 saturated carbocycles. The summed E-state index contributed by atoms with van der Waals surface area (Å²) in [5.41, 5.74) is 1.08. The summed E-state index contributed by atoms with van der Waals surface area (Å²) in [5, 5.41) is 11.9. The van der Waals surface area contributed by atoms with E-state index in [1.165, 1.54) is 0 Å². The largest absolute Gasteiger partial charge is 0.481 e. The predicted octanol–water partition coefficient (Wildman–Crippen LogP) is 2.52. The van der Waals surface area contributed by atoms with Crippen LogP contribution in [0.1, 0.15) is 38.2 Å². The van der Waals surface area contributed by atoms with Gasteiger partial charge in [0, 0.05) is 6.04 Å². The van der Waals surface area contributed by atoms with Crippen molar-refractivity contribution in [2.45, 2.75) is 51.7 Å². The number of rotatable bonds is 6. The fourth-order valence-corrected chi connectivity index (χ4v) is 2.81. The first kappa shape index (κ1) is 16.3. The number of aryl methyl sites for hydroxylation is 1. The molecule has 1 fully saturated rings. The minimum absolute atomic E-state index is 0.0660. The second-order valence-electron chi connectivity index (χ2n) is 5.88. The van der Waals surface area contributed by atoms with Crippen molar-refractivity contribution in [1.82, 2.24) is 5.32 Å². The van der Waals surface area contributed by atoms with Gasteiger partial charge in [-0.2, -0.15) is 0 Å². The maximum Gasteiger partial charge on any atom is 0.306 e. The number of aliphatic carboxylic acids is 1. The predicted molar refractivity (Wildman–Crippen MR) is 82.8 cm³/mol. The second kappa shape index (κ2) is 7.29. The van der Waals surface area contributed by atoms with E-state index in [4.69, 9.17) is 9.84 Å². The molecule has 0 bridgehead atoms. The lowest BCUT2D eigenvalue weighted by Crippen LogP contribution is -2.42. The van der Waals surface area contributed by atoms with E-state index >= 15 is 0 Å². The molecule has 120 valence electrons. The van der Waals surface area contributed by atoms with E-state index in [9.17, 15) is 9.59 Å². The Kier molecular flexibility index (Phi) is 5.41. The lowest BCUT2D eigenvalue weighted by atomic mass is 10.1. The molecule has 3 atom stereocenters. The lowest BCUT2D eigenvalue weighted by molar-refractivity contribution is -0.141. The van der Waals surface area contributed by atoms with Gasteiger partial charge in [-0.25, -0.2) is 0 Å². The van der Waals surface area contributed by atoms with Crippen LogP contribution in [0, 0.1) is 12.8 Å². The summed E-state index contributed by atoms with van der Waals surface area (Å²) in [4.78, 5) is 23.3. The molecule has 1 amide bonds. The molecule has 5 nitrogen and oxygen atoms in total. The highest BCUT2D eigenvalue weighted by Crippen LogP contribution is 2.26. The molecule has 0 heterocycles. The first-order chi connectivity index (χ1) is 10.5. The number of carboxylic acids is 1. The number of amides is 1. The summed E-state index contributed by atoms with van der Waals surface area (Å²) in [6, 6.07) is 7.52. The Labute approximate surface area is 130 Å². The molecule has 0 aliphatic heterocycles. The van der Waals surface area contributed by atoms with E-state index in [0.29, 0.717) is 31.4 Å². The summed E-state index contributed by atoms with van der Waals surface area (Å²) in [6.07, 6.45) is 1.85. The summed E-state index contributed by atoms with van der Waals surface area (Å²) in [6.45, 7) is 3.87. The van der Waals surface area contributed by atoms with Crippen molar-refractivity contribution in [1.29, 1.82) is 0 Å². The fraction of sp³-hybridized carbons (Fsp3) is 0.529. The van der Waals surface area contributed by atoms with Crippen molar-refractivity contribution in [2.24, 2.45) is 5.92 Å². The first-order valence-electron chi connectivity index (χ1n) is 7.76. The third kappa shape index (κ3) is 4.23. The van der Waals surface area contributed by atoms with E-state index in [1.807, 2.05) is 38.1 Å². The lowest BCUT2D eigenvalue weighted by Gasteiger charge is -2.20. The molecular formula is C17H23NO4. The van der Waals surface area contributed by atoms with Crippen LogP contribution in [0.4, 0.5) is 0 Å². The monoisotopic (exact) mass is 305 g/mol. The van der Waals surface area contributed by atoms with Gasteiger partial charge in [0.2, 0.25) is 0 Å². The molecule has 2 rings (SSSR count). The number of carbonyl (C=O) groups excluding carboxylic acids is 1. The fourth-order valence-electron chi connectivity index (χ4n) is 2.81. The summed E-state index contributed by atoms with van der Waals surface area (Å²) >= 11 is 0. The highest BCUT2D eigenvalue weighted by atomic mass is 16.5. The Bertz CT molecular complexity index is 543. The number of hydrogen-bond donors (Lipinski definition) is 2. The van der Waals surface area contributed by atoms with Crippen molar-refractivity contribution in [3.63, 3.8) is 0 Å². The molecule has 22 heavy (non-hydrogen) atoms. The molecule has 0 aromatic heterocycles. The minimum atomic E-state index is -0.778. The van der Waals surface area contributed by atoms with Gasteiger partial charge in [0.1, 0.15) is 5.75 Å². The Morgan fingerprint density at radius 1 is 1.41 bits per heavy atom. The van der Waals surface area contributed by atoms with Crippen molar-refractivity contribution in [3.05, 3.63) is 29.8 Å². The number of nitrogens with one attached hydrogen (secondary N) is 1. The zero-order valence-electron chi connectivity index (χ0n) is 13.0. The topological polar surface area (TPSA) is 75.6 Å². The van der Waals surface area contributed by atoms with E-state index in [0.717, 1.165) is 5.56 Å². The first-order valence-corrected chi connectivity index (χ1v) is 7.76. The average Bonchev–Trinajstić information content (AvgIpc) is 2.93. The maximum absolute atomic E-state index is 12.3. The van der Waals surface area contributed by atoms with Gasteiger partial charge in [-0.3, -0.25) is 9.59 Å². The van der Waals surface area contributed by atoms with Gasteiger partial charge in [0.05, 0.1) is 5.92 Å². The SMILES string of the molecule is CCC(Oc1cccc(C)c1)C(=O)N[C@H]1CC[C@@H](C(=O)O)C1. The zero-order valence-corrected chi connectivity index (χ0v) is 13.0. The number of ether oxygens (including phenoxy) is 1. The molecule has 0 radical (unpaired) electrons. The van der Waals surface area contributed by atoms with Crippen molar-refractivity contribution in [2.75, 3.05) is 0 Å². The van der Waals surface area contributed by atoms with Crippen molar-refractivity contribution in [3.8, 4) is 5.75 Å². The highest BCUT2D eigenvalue weighted by molar-refractivity contribution is 5.81. The van der Waals surface area contributed by atoms with Gasteiger partial charge in [-0.1, -0.05) is 19.1 Å². The Morgan fingerprint density at radius 2 is 2.18 bits per heavy atom. The van der Waals surface area contributed by atoms with Crippen LogP contribution in [0.2, 0.25) is 0 Å². The molecule has 1 aliphatic rings. The van der Waals surface area contributed by atoms with E-state index in [1.54, 1.807) is 0 Å². The molecule has 1 aliphatic carbocycles. The molecule has 0 spiro atoms. The zero-order chi connectivity index (χ0) is 16.1. The molecule has 1 aromatic carbocycles. The summed E-state index contributed by atoms with van der Waals surface area (Å²) in [7, 11) is 0. The van der Waals surface area contributed by atoms with E-state index in [2.05, 4.69) is 5.32 Å².